The maximum Gasteiger partial charge on any atom is 0.326 e. The highest BCUT2D eigenvalue weighted by atomic mass is 32.2. The first kappa shape index (κ1) is 22.6. The summed E-state index contributed by atoms with van der Waals surface area (Å²) in [4.78, 5) is 29.8. The van der Waals surface area contributed by atoms with Gasteiger partial charge in [-0.05, 0) is 56.9 Å². The smallest absolute Gasteiger partial charge is 0.326 e. The lowest BCUT2D eigenvalue weighted by atomic mass is 10.0. The number of ether oxygens (including phenoxy) is 1. The largest absolute Gasteiger partial charge is 0.465 e. The molecule has 30 heavy (non-hydrogen) atoms. The number of esters is 1. The molecule has 1 aromatic carbocycles. The van der Waals surface area contributed by atoms with Crippen LogP contribution < -0.4 is 4.80 Å². The van der Waals surface area contributed by atoms with Gasteiger partial charge in [-0.15, -0.1) is 0 Å². The third-order valence-corrected chi connectivity index (χ3v) is 7.59. The van der Waals surface area contributed by atoms with E-state index in [0.29, 0.717) is 17.8 Å². The van der Waals surface area contributed by atoms with Crippen LogP contribution in [0, 0.1) is 13.8 Å². The topological polar surface area (TPSA) is 98.0 Å². The van der Waals surface area contributed by atoms with Gasteiger partial charge in [-0.1, -0.05) is 17.8 Å². The number of carbonyl (C=O) groups is 2. The summed E-state index contributed by atoms with van der Waals surface area (Å²) in [6.07, 6.45) is 3.05. The molecule has 1 fully saturated rings. The molecule has 3 rings (SSSR count). The first-order valence-corrected chi connectivity index (χ1v) is 12.6. The zero-order chi connectivity index (χ0) is 22.1. The number of thiazole rings is 1. The minimum absolute atomic E-state index is 0.0666. The summed E-state index contributed by atoms with van der Waals surface area (Å²) in [5.74, 6) is -0.919. The Hall–Kier alpha value is -2.04. The number of hydrogen-bond acceptors (Lipinski definition) is 6. The van der Waals surface area contributed by atoms with Crippen LogP contribution in [0.25, 0.3) is 10.2 Å². The van der Waals surface area contributed by atoms with Gasteiger partial charge in [0.1, 0.15) is 12.6 Å². The minimum atomic E-state index is -3.51. The fourth-order valence-corrected chi connectivity index (χ4v) is 5.85. The van der Waals surface area contributed by atoms with Crippen molar-refractivity contribution < 1.29 is 22.7 Å². The maximum absolute atomic E-state index is 13.0. The SMILES string of the molecule is CCOC(=O)Cn1c(=NC(=O)C2CCCCN2S(C)(=O)=O)sc2cc(C)c(C)cc21. The van der Waals surface area contributed by atoms with Gasteiger partial charge >= 0.3 is 5.97 Å². The number of piperidine rings is 1. The highest BCUT2D eigenvalue weighted by molar-refractivity contribution is 7.88. The summed E-state index contributed by atoms with van der Waals surface area (Å²) < 4.78 is 33.1. The van der Waals surface area contributed by atoms with Gasteiger partial charge in [0.2, 0.25) is 10.0 Å². The molecule has 1 aliphatic heterocycles. The Bertz CT molecular complexity index is 1150. The van der Waals surface area contributed by atoms with Gasteiger partial charge in [-0.2, -0.15) is 9.30 Å². The Morgan fingerprint density at radius 1 is 1.23 bits per heavy atom. The Balaban J connectivity index is 2.09. The van der Waals surface area contributed by atoms with Crippen molar-refractivity contribution >= 4 is 43.5 Å². The third kappa shape index (κ3) is 4.81. The summed E-state index contributed by atoms with van der Waals surface area (Å²) in [6.45, 7) is 6.23. The van der Waals surface area contributed by atoms with E-state index in [4.69, 9.17) is 4.74 Å². The second-order valence-corrected chi connectivity index (χ2v) is 10.5. The Kier molecular flexibility index (Phi) is 6.78. The predicted molar refractivity (Wildman–Crippen MR) is 116 cm³/mol. The van der Waals surface area contributed by atoms with E-state index in [9.17, 15) is 18.0 Å². The molecule has 164 valence electrons. The van der Waals surface area contributed by atoms with Crippen LogP contribution in [-0.4, -0.2) is 54.6 Å². The highest BCUT2D eigenvalue weighted by Crippen LogP contribution is 2.23. The quantitative estimate of drug-likeness (QED) is 0.646. The first-order valence-electron chi connectivity index (χ1n) is 9.93. The van der Waals surface area contributed by atoms with E-state index in [-0.39, 0.29) is 13.2 Å². The number of carbonyl (C=O) groups excluding carboxylic acids is 2. The molecule has 0 aliphatic carbocycles. The average molecular weight is 454 g/mol. The van der Waals surface area contributed by atoms with Crippen molar-refractivity contribution in [2.24, 2.45) is 4.99 Å². The van der Waals surface area contributed by atoms with Crippen LogP contribution >= 0.6 is 11.3 Å². The Morgan fingerprint density at radius 2 is 1.93 bits per heavy atom. The van der Waals surface area contributed by atoms with Crippen LogP contribution in [0.3, 0.4) is 0 Å². The van der Waals surface area contributed by atoms with Crippen molar-refractivity contribution in [3.05, 3.63) is 28.1 Å². The van der Waals surface area contributed by atoms with Crippen molar-refractivity contribution in [1.82, 2.24) is 8.87 Å². The molecule has 0 bridgehead atoms. The van der Waals surface area contributed by atoms with Gasteiger partial charge < -0.3 is 9.30 Å². The van der Waals surface area contributed by atoms with E-state index < -0.39 is 27.9 Å². The van der Waals surface area contributed by atoms with Crippen LogP contribution in [0.2, 0.25) is 0 Å². The standard InChI is InChI=1S/C20H27N3O5S2/c1-5-28-18(24)12-22-16-10-13(2)14(3)11-17(16)29-20(22)21-19(25)15-8-6-7-9-23(15)30(4,26)27/h10-11,15H,5-9,12H2,1-4H3. The molecule has 1 unspecified atom stereocenters. The number of hydrogen-bond donors (Lipinski definition) is 0. The molecule has 0 saturated carbocycles. The summed E-state index contributed by atoms with van der Waals surface area (Å²) >= 11 is 1.31. The predicted octanol–water partition coefficient (Wildman–Crippen LogP) is 2.12. The Labute approximate surface area is 180 Å². The number of fused-ring (bicyclic) bond motifs is 1. The normalized spacial score (nSPS) is 18.7. The molecule has 1 atom stereocenters. The molecule has 0 spiro atoms. The van der Waals surface area contributed by atoms with E-state index in [2.05, 4.69) is 4.99 Å². The molecule has 1 aromatic heterocycles. The molecule has 2 aromatic rings. The fourth-order valence-electron chi connectivity index (χ4n) is 3.61. The van der Waals surface area contributed by atoms with Crippen LogP contribution in [0.15, 0.2) is 17.1 Å². The second-order valence-electron chi connectivity index (χ2n) is 7.52. The maximum atomic E-state index is 13.0. The number of aromatic nitrogens is 1. The molecular weight excluding hydrogens is 426 g/mol. The molecule has 1 aliphatic rings. The zero-order valence-corrected chi connectivity index (χ0v) is 19.3. The molecule has 2 heterocycles. The first-order chi connectivity index (χ1) is 14.1. The number of rotatable bonds is 5. The molecule has 1 amide bonds. The molecule has 0 N–H and O–H groups in total. The van der Waals surface area contributed by atoms with Crippen LogP contribution in [0.5, 0.6) is 0 Å². The van der Waals surface area contributed by atoms with Crippen molar-refractivity contribution in [1.29, 1.82) is 0 Å². The van der Waals surface area contributed by atoms with Crippen LogP contribution in [0.1, 0.15) is 37.3 Å². The summed E-state index contributed by atoms with van der Waals surface area (Å²) in [6, 6.07) is 3.16. The summed E-state index contributed by atoms with van der Waals surface area (Å²) in [5.41, 5.74) is 2.96. The molecular formula is C20H27N3O5S2. The minimum Gasteiger partial charge on any atom is -0.465 e. The fraction of sp³-hybridized carbons (Fsp3) is 0.550. The van der Waals surface area contributed by atoms with Crippen molar-refractivity contribution in [3.8, 4) is 0 Å². The van der Waals surface area contributed by atoms with E-state index in [1.54, 1.807) is 11.5 Å². The van der Waals surface area contributed by atoms with E-state index >= 15 is 0 Å². The molecule has 8 nitrogen and oxygen atoms in total. The van der Waals surface area contributed by atoms with Gasteiger partial charge in [0.05, 0.1) is 23.1 Å². The van der Waals surface area contributed by atoms with Gasteiger partial charge in [0, 0.05) is 6.54 Å². The van der Waals surface area contributed by atoms with Gasteiger partial charge in [0.25, 0.3) is 5.91 Å². The van der Waals surface area contributed by atoms with E-state index in [0.717, 1.165) is 40.4 Å². The summed E-state index contributed by atoms with van der Waals surface area (Å²) in [7, 11) is -3.51. The highest BCUT2D eigenvalue weighted by Gasteiger charge is 2.34. The number of benzene rings is 1. The number of sulfonamides is 1. The lowest BCUT2D eigenvalue weighted by Gasteiger charge is -2.31. The van der Waals surface area contributed by atoms with E-state index in [1.807, 2.05) is 26.0 Å². The molecule has 0 radical (unpaired) electrons. The zero-order valence-electron chi connectivity index (χ0n) is 17.7. The number of aryl methyl sites for hydroxylation is 2. The summed E-state index contributed by atoms with van der Waals surface area (Å²) in [5, 5.41) is 0. The number of amides is 1. The average Bonchev–Trinajstić information content (AvgIpc) is 2.97. The van der Waals surface area contributed by atoms with Crippen molar-refractivity contribution in [3.63, 3.8) is 0 Å². The molecule has 1 saturated heterocycles. The molecule has 10 heteroatoms. The van der Waals surface area contributed by atoms with Crippen molar-refractivity contribution in [2.75, 3.05) is 19.4 Å². The third-order valence-electron chi connectivity index (χ3n) is 5.26. The van der Waals surface area contributed by atoms with Crippen LogP contribution in [-0.2, 0) is 30.9 Å². The monoisotopic (exact) mass is 453 g/mol. The lowest BCUT2D eigenvalue weighted by molar-refractivity contribution is -0.143. The van der Waals surface area contributed by atoms with Crippen LogP contribution in [0.4, 0.5) is 0 Å². The number of nitrogens with zero attached hydrogens (tertiary/aromatic N) is 3. The van der Waals surface area contributed by atoms with Crippen molar-refractivity contribution in [2.45, 2.75) is 52.6 Å². The van der Waals surface area contributed by atoms with E-state index in [1.165, 1.54) is 15.6 Å². The second kappa shape index (κ2) is 8.99. The lowest BCUT2D eigenvalue weighted by Crippen LogP contribution is -2.47. The van der Waals surface area contributed by atoms with Gasteiger partial charge in [0.15, 0.2) is 4.80 Å². The Morgan fingerprint density at radius 3 is 2.60 bits per heavy atom. The van der Waals surface area contributed by atoms with Gasteiger partial charge in [-0.25, -0.2) is 8.42 Å². The van der Waals surface area contributed by atoms with Gasteiger partial charge in [-0.3, -0.25) is 9.59 Å².